The molecule has 6 heteroatoms. The Hall–Kier alpha value is -2.21. The van der Waals surface area contributed by atoms with Crippen LogP contribution in [0.15, 0.2) is 24.4 Å². The van der Waals surface area contributed by atoms with Gasteiger partial charge >= 0.3 is 0 Å². The number of hydrogen-bond donors (Lipinski definition) is 1. The van der Waals surface area contributed by atoms with Gasteiger partial charge in [-0.05, 0) is 18.4 Å². The highest BCUT2D eigenvalue weighted by atomic mass is 16.6. The molecule has 3 rings (SSSR count). The van der Waals surface area contributed by atoms with E-state index in [1.165, 1.54) is 12.3 Å². The van der Waals surface area contributed by atoms with Gasteiger partial charge in [-0.15, -0.1) is 0 Å². The number of Topliss-reactive ketones (excluding diaryl/α,β-unsaturated/α-hetero) is 1. The smallest absolute Gasteiger partial charge is 0.279 e. The van der Waals surface area contributed by atoms with E-state index < -0.39 is 11.0 Å². The molecule has 0 spiro atoms. The summed E-state index contributed by atoms with van der Waals surface area (Å²) in [5, 5.41) is 11.5. The van der Waals surface area contributed by atoms with E-state index in [0.717, 1.165) is 6.42 Å². The number of fused-ring (bicyclic) bond motifs is 1. The Morgan fingerprint density at radius 1 is 1.50 bits per heavy atom. The molecule has 1 aromatic carbocycles. The number of nitrogens with one attached hydrogen (secondary N) is 1. The van der Waals surface area contributed by atoms with Crippen LogP contribution in [-0.2, 0) is 4.74 Å². The zero-order chi connectivity index (χ0) is 14.3. The van der Waals surface area contributed by atoms with Gasteiger partial charge in [0.05, 0.1) is 21.4 Å². The molecule has 2 atom stereocenters. The number of rotatable bonds is 3. The van der Waals surface area contributed by atoms with Gasteiger partial charge in [-0.1, -0.05) is 13.0 Å². The van der Waals surface area contributed by atoms with Gasteiger partial charge in [0.25, 0.3) is 5.69 Å². The first-order valence-electron chi connectivity index (χ1n) is 6.50. The van der Waals surface area contributed by atoms with Gasteiger partial charge in [0.2, 0.25) is 0 Å². The highest BCUT2D eigenvalue weighted by Gasteiger charge is 2.34. The van der Waals surface area contributed by atoms with Gasteiger partial charge in [-0.2, -0.15) is 0 Å². The minimum Gasteiger partial charge on any atom is -0.370 e. The predicted molar refractivity (Wildman–Crippen MR) is 72.8 cm³/mol. The molecule has 2 unspecified atom stereocenters. The molecule has 104 valence electrons. The number of nitrogens with zero attached hydrogens (tertiary/aromatic N) is 1. The third kappa shape index (κ3) is 1.89. The lowest BCUT2D eigenvalue weighted by Crippen LogP contribution is -2.25. The molecule has 2 heterocycles. The number of aromatic nitrogens is 1. The summed E-state index contributed by atoms with van der Waals surface area (Å²) in [5.41, 5.74) is 0.872. The molecule has 1 aliphatic heterocycles. The lowest BCUT2D eigenvalue weighted by Gasteiger charge is -2.12. The lowest BCUT2D eigenvalue weighted by molar-refractivity contribution is -0.383. The Morgan fingerprint density at radius 2 is 2.30 bits per heavy atom. The van der Waals surface area contributed by atoms with E-state index in [2.05, 4.69) is 4.98 Å². The van der Waals surface area contributed by atoms with Crippen LogP contribution in [0.3, 0.4) is 0 Å². The molecule has 1 saturated heterocycles. The number of aromatic amines is 1. The summed E-state index contributed by atoms with van der Waals surface area (Å²) in [6.45, 7) is 2.51. The Balaban J connectivity index is 2.12. The van der Waals surface area contributed by atoms with Crippen LogP contribution >= 0.6 is 0 Å². The number of ketones is 1. The molecule has 0 saturated carbocycles. The maximum absolute atomic E-state index is 12.5. The molecular formula is C14H14N2O4. The van der Waals surface area contributed by atoms with E-state index in [9.17, 15) is 14.9 Å². The summed E-state index contributed by atoms with van der Waals surface area (Å²) in [5.74, 6) is -0.0502. The number of non-ortho nitro benzene ring substituents is 1. The minimum atomic E-state index is -0.506. The van der Waals surface area contributed by atoms with E-state index in [-0.39, 0.29) is 17.4 Å². The van der Waals surface area contributed by atoms with Crippen molar-refractivity contribution in [2.24, 2.45) is 5.92 Å². The van der Waals surface area contributed by atoms with Gasteiger partial charge in [-0.25, -0.2) is 0 Å². The van der Waals surface area contributed by atoms with Crippen LogP contribution in [0, 0.1) is 16.0 Å². The topological polar surface area (TPSA) is 85.2 Å². The minimum absolute atomic E-state index is 0.0576. The number of benzene rings is 1. The third-order valence-electron chi connectivity index (χ3n) is 3.79. The summed E-state index contributed by atoms with van der Waals surface area (Å²) >= 11 is 0. The SMILES string of the molecule is CC1CCOC1C(=O)c1c[nH]c2cccc([N+](=O)[O-])c12. The van der Waals surface area contributed by atoms with Crippen molar-refractivity contribution in [2.45, 2.75) is 19.4 Å². The number of carbonyl (C=O) groups is 1. The van der Waals surface area contributed by atoms with E-state index >= 15 is 0 Å². The zero-order valence-electron chi connectivity index (χ0n) is 11.0. The Labute approximate surface area is 114 Å². The van der Waals surface area contributed by atoms with Crippen molar-refractivity contribution >= 4 is 22.4 Å². The number of nitro groups is 1. The molecule has 2 aromatic rings. The second-order valence-electron chi connectivity index (χ2n) is 5.08. The van der Waals surface area contributed by atoms with Gasteiger partial charge in [-0.3, -0.25) is 14.9 Å². The van der Waals surface area contributed by atoms with Crippen molar-refractivity contribution in [3.05, 3.63) is 40.1 Å². The second-order valence-corrected chi connectivity index (χ2v) is 5.08. The Morgan fingerprint density at radius 3 is 2.95 bits per heavy atom. The van der Waals surface area contributed by atoms with Crippen LogP contribution in [0.4, 0.5) is 5.69 Å². The van der Waals surface area contributed by atoms with Crippen LogP contribution in [0.2, 0.25) is 0 Å². The molecule has 0 aliphatic carbocycles. The molecular weight excluding hydrogens is 260 g/mol. The fourth-order valence-corrected chi connectivity index (χ4v) is 2.70. The summed E-state index contributed by atoms with van der Waals surface area (Å²) in [7, 11) is 0. The van der Waals surface area contributed by atoms with Gasteiger partial charge in [0, 0.05) is 18.9 Å². The average Bonchev–Trinajstić information content (AvgIpc) is 3.03. The van der Waals surface area contributed by atoms with Gasteiger partial charge < -0.3 is 9.72 Å². The predicted octanol–water partition coefficient (Wildman–Crippen LogP) is 2.68. The molecule has 0 amide bonds. The van der Waals surface area contributed by atoms with Crippen LogP contribution in [0.5, 0.6) is 0 Å². The zero-order valence-corrected chi connectivity index (χ0v) is 11.0. The molecule has 6 nitrogen and oxygen atoms in total. The quantitative estimate of drug-likeness (QED) is 0.529. The summed E-state index contributed by atoms with van der Waals surface area (Å²) < 4.78 is 5.47. The first kappa shape index (κ1) is 12.8. The van der Waals surface area contributed by atoms with Gasteiger partial charge in [0.1, 0.15) is 6.10 Å². The molecule has 0 radical (unpaired) electrons. The molecule has 20 heavy (non-hydrogen) atoms. The highest BCUT2D eigenvalue weighted by Crippen LogP contribution is 2.32. The molecule has 1 aliphatic rings. The number of nitro benzene ring substituents is 1. The van der Waals surface area contributed by atoms with Crippen molar-refractivity contribution in [3.63, 3.8) is 0 Å². The van der Waals surface area contributed by atoms with E-state index in [0.29, 0.717) is 23.1 Å². The maximum atomic E-state index is 12.5. The molecule has 1 N–H and O–H groups in total. The van der Waals surface area contributed by atoms with Crippen LogP contribution in [0.25, 0.3) is 10.9 Å². The van der Waals surface area contributed by atoms with Crippen molar-refractivity contribution in [2.75, 3.05) is 6.61 Å². The molecule has 0 bridgehead atoms. The van der Waals surface area contributed by atoms with Crippen molar-refractivity contribution in [1.29, 1.82) is 0 Å². The highest BCUT2D eigenvalue weighted by molar-refractivity contribution is 6.12. The number of H-pyrrole nitrogens is 1. The number of ether oxygens (including phenoxy) is 1. The second kappa shape index (κ2) is 4.72. The Bertz CT molecular complexity index is 692. The van der Waals surface area contributed by atoms with Crippen LogP contribution in [0.1, 0.15) is 23.7 Å². The average molecular weight is 274 g/mol. The first-order valence-corrected chi connectivity index (χ1v) is 6.50. The van der Waals surface area contributed by atoms with Gasteiger partial charge in [0.15, 0.2) is 5.78 Å². The van der Waals surface area contributed by atoms with E-state index in [4.69, 9.17) is 4.74 Å². The Kier molecular flexibility index (Phi) is 3.02. The maximum Gasteiger partial charge on any atom is 0.279 e. The third-order valence-corrected chi connectivity index (χ3v) is 3.79. The summed E-state index contributed by atoms with van der Waals surface area (Å²) in [6.07, 6.45) is 1.86. The van der Waals surface area contributed by atoms with Crippen molar-refractivity contribution in [3.8, 4) is 0 Å². The summed E-state index contributed by atoms with van der Waals surface area (Å²) in [4.78, 5) is 26.1. The summed E-state index contributed by atoms with van der Waals surface area (Å²) in [6, 6.07) is 4.73. The molecule has 1 aromatic heterocycles. The standard InChI is InChI=1S/C14H14N2O4/c1-8-5-6-20-14(8)13(17)9-7-15-10-3-2-4-11(12(9)10)16(18)19/h2-4,7-8,14-15H,5-6H2,1H3. The largest absolute Gasteiger partial charge is 0.370 e. The van der Waals surface area contributed by atoms with Crippen molar-refractivity contribution in [1.82, 2.24) is 4.98 Å². The van der Waals surface area contributed by atoms with Crippen LogP contribution in [-0.4, -0.2) is 28.4 Å². The van der Waals surface area contributed by atoms with E-state index in [1.807, 2.05) is 6.92 Å². The number of hydrogen-bond acceptors (Lipinski definition) is 4. The fourth-order valence-electron chi connectivity index (χ4n) is 2.70. The van der Waals surface area contributed by atoms with E-state index in [1.54, 1.807) is 12.1 Å². The van der Waals surface area contributed by atoms with Crippen molar-refractivity contribution < 1.29 is 14.5 Å². The first-order chi connectivity index (χ1) is 9.59. The normalized spacial score (nSPS) is 22.2. The van der Waals surface area contributed by atoms with Crippen LogP contribution < -0.4 is 0 Å². The lowest BCUT2D eigenvalue weighted by atomic mass is 9.95. The monoisotopic (exact) mass is 274 g/mol. The fraction of sp³-hybridized carbons (Fsp3) is 0.357. The number of carbonyl (C=O) groups excluding carboxylic acids is 1. The molecule has 1 fully saturated rings.